The Morgan fingerprint density at radius 1 is 1.16 bits per heavy atom. The van der Waals surface area contributed by atoms with E-state index >= 15 is 0 Å². The van der Waals surface area contributed by atoms with Gasteiger partial charge in [-0.1, -0.05) is 17.7 Å². The molecule has 2 aromatic carbocycles. The number of benzene rings is 2. The van der Waals surface area contributed by atoms with Crippen LogP contribution in [0.25, 0.3) is 0 Å². The average molecular weight is 445 g/mol. The number of rotatable bonds is 4. The Hall–Kier alpha value is -3.46. The van der Waals surface area contributed by atoms with Gasteiger partial charge in [-0.25, -0.2) is 14.8 Å². The summed E-state index contributed by atoms with van der Waals surface area (Å²) in [5.41, 5.74) is 1.35. The van der Waals surface area contributed by atoms with E-state index in [0.717, 1.165) is 0 Å². The predicted molar refractivity (Wildman–Crippen MR) is 114 cm³/mol. The molecule has 2 aromatic rings. The summed E-state index contributed by atoms with van der Waals surface area (Å²) in [5, 5.41) is 9.53. The van der Waals surface area contributed by atoms with Crippen molar-refractivity contribution in [2.75, 3.05) is 25.5 Å². The smallest absolute Gasteiger partial charge is 0.377 e. The van der Waals surface area contributed by atoms with Gasteiger partial charge in [0.15, 0.2) is 17.7 Å². The highest BCUT2D eigenvalue weighted by atomic mass is 35.5. The van der Waals surface area contributed by atoms with Gasteiger partial charge in [0.2, 0.25) is 12.7 Å². The molecule has 0 aliphatic carbocycles. The first-order valence-corrected chi connectivity index (χ1v) is 10.0. The molecule has 0 radical (unpaired) electrons. The first-order valence-electron chi connectivity index (χ1n) is 9.64. The van der Waals surface area contributed by atoms with Crippen LogP contribution in [0.15, 0.2) is 47.6 Å². The number of hydrogen-bond donors (Lipinski definition) is 0. The van der Waals surface area contributed by atoms with Crippen molar-refractivity contribution in [3.8, 4) is 11.5 Å². The lowest BCUT2D eigenvalue weighted by atomic mass is 10.1. The highest BCUT2D eigenvalue weighted by molar-refractivity contribution is 6.35. The van der Waals surface area contributed by atoms with Crippen LogP contribution in [0.1, 0.15) is 25.6 Å². The van der Waals surface area contributed by atoms with Crippen LogP contribution in [0, 0.1) is 0 Å². The van der Waals surface area contributed by atoms with E-state index in [2.05, 4.69) is 5.10 Å². The third-order valence-corrected chi connectivity index (χ3v) is 5.11. The summed E-state index contributed by atoms with van der Waals surface area (Å²) in [5.74, 6) is 0.236. The van der Waals surface area contributed by atoms with Crippen molar-refractivity contribution >= 4 is 35.0 Å². The van der Waals surface area contributed by atoms with Gasteiger partial charge in [-0.3, -0.25) is 9.80 Å². The molecule has 2 aliphatic heterocycles. The van der Waals surface area contributed by atoms with Crippen molar-refractivity contribution in [2.24, 2.45) is 5.10 Å². The number of carbonyl (C=O) groups excluding carboxylic acids is 2. The normalized spacial score (nSPS) is 17.5. The van der Waals surface area contributed by atoms with Gasteiger partial charge in [-0.2, -0.15) is 0 Å². The lowest BCUT2D eigenvalue weighted by Crippen LogP contribution is -2.58. The summed E-state index contributed by atoms with van der Waals surface area (Å²) < 4.78 is 16.1. The molecule has 2 aliphatic rings. The number of esters is 1. The fraction of sp³-hybridized carbons (Fsp3) is 0.286. The Kier molecular flexibility index (Phi) is 5.60. The van der Waals surface area contributed by atoms with Crippen LogP contribution in [-0.2, 0) is 14.3 Å². The van der Waals surface area contributed by atoms with Crippen LogP contribution in [-0.4, -0.2) is 48.2 Å². The molecule has 0 spiro atoms. The molecular weight excluding hydrogens is 424 g/mol. The molecule has 162 valence electrons. The van der Waals surface area contributed by atoms with Crippen LogP contribution in [0.3, 0.4) is 0 Å². The number of halogens is 1. The second kappa shape index (κ2) is 8.35. The van der Waals surface area contributed by atoms with Gasteiger partial charge >= 0.3 is 5.97 Å². The van der Waals surface area contributed by atoms with Crippen molar-refractivity contribution < 1.29 is 23.8 Å². The second-order valence-corrected chi connectivity index (χ2v) is 7.28. The zero-order valence-electron chi connectivity index (χ0n) is 17.2. The Morgan fingerprint density at radius 3 is 2.55 bits per heavy atom. The fourth-order valence-corrected chi connectivity index (χ4v) is 3.62. The van der Waals surface area contributed by atoms with Gasteiger partial charge in [0, 0.05) is 24.6 Å². The van der Waals surface area contributed by atoms with Crippen molar-refractivity contribution in [2.45, 2.75) is 20.0 Å². The van der Waals surface area contributed by atoms with Crippen molar-refractivity contribution in [3.05, 3.63) is 53.1 Å². The van der Waals surface area contributed by atoms with Gasteiger partial charge in [-0.15, -0.1) is 5.10 Å². The van der Waals surface area contributed by atoms with E-state index in [1.165, 1.54) is 16.9 Å². The Labute approximate surface area is 184 Å². The summed E-state index contributed by atoms with van der Waals surface area (Å²) in [6, 6.07) is 12.4. The van der Waals surface area contributed by atoms with Gasteiger partial charge in [0.1, 0.15) is 0 Å². The Bertz CT molecular complexity index is 1040. The SMILES string of the molecule is CCOC(=O)C1=NN(c2ccc(Cl)cc2)[C@H](c2ccc3c(c2)OCO3)N(C(C)=O)N1C. The number of nitrogens with zero attached hydrogens (tertiary/aromatic N) is 4. The molecule has 1 atom stereocenters. The van der Waals surface area contributed by atoms with Crippen LogP contribution in [0.2, 0.25) is 5.02 Å². The molecule has 0 unspecified atom stereocenters. The number of hydrazine groups is 1. The minimum atomic E-state index is -0.698. The quantitative estimate of drug-likeness (QED) is 0.670. The largest absolute Gasteiger partial charge is 0.460 e. The molecule has 1 amide bonds. The zero-order chi connectivity index (χ0) is 22.1. The number of hydrogen-bond acceptors (Lipinski definition) is 8. The summed E-state index contributed by atoms with van der Waals surface area (Å²) in [7, 11) is 1.59. The molecule has 0 saturated carbocycles. The Balaban J connectivity index is 1.88. The number of anilines is 1. The fourth-order valence-electron chi connectivity index (χ4n) is 3.49. The zero-order valence-corrected chi connectivity index (χ0v) is 18.0. The maximum Gasteiger partial charge on any atom is 0.377 e. The number of amidine groups is 1. The molecule has 4 rings (SSSR count). The monoisotopic (exact) mass is 444 g/mol. The predicted octanol–water partition coefficient (Wildman–Crippen LogP) is 3.16. The number of fused-ring (bicyclic) bond motifs is 1. The standard InChI is InChI=1S/C21H21ClN4O5/c1-4-29-21(28)19-23-25(16-8-6-15(22)7-9-16)20(26(13(2)27)24(19)3)14-5-10-17-18(11-14)31-12-30-17/h5-11,20H,4,12H2,1-3H3/t20-/m0/s1. The van der Waals surface area contributed by atoms with Crippen LogP contribution in [0.4, 0.5) is 5.69 Å². The van der Waals surface area contributed by atoms with Crippen molar-refractivity contribution in [3.63, 3.8) is 0 Å². The second-order valence-electron chi connectivity index (χ2n) is 6.84. The molecule has 31 heavy (non-hydrogen) atoms. The van der Waals surface area contributed by atoms with Crippen LogP contribution < -0.4 is 14.5 Å². The van der Waals surface area contributed by atoms with E-state index in [1.54, 1.807) is 55.4 Å². The molecular formula is C21H21ClN4O5. The van der Waals surface area contributed by atoms with Gasteiger partial charge in [0.25, 0.3) is 5.84 Å². The van der Waals surface area contributed by atoms with Gasteiger partial charge in [-0.05, 0) is 43.3 Å². The summed E-state index contributed by atoms with van der Waals surface area (Å²) in [4.78, 5) is 25.3. The average Bonchev–Trinajstić information content (AvgIpc) is 3.21. The van der Waals surface area contributed by atoms with E-state index in [9.17, 15) is 9.59 Å². The minimum absolute atomic E-state index is 0.0241. The minimum Gasteiger partial charge on any atom is -0.460 e. The van der Waals surface area contributed by atoms with Crippen molar-refractivity contribution in [1.82, 2.24) is 10.0 Å². The number of hydrazone groups is 1. The highest BCUT2D eigenvalue weighted by Crippen LogP contribution is 2.40. The molecule has 0 saturated heterocycles. The first kappa shape index (κ1) is 20.8. The lowest BCUT2D eigenvalue weighted by Gasteiger charge is -2.46. The van der Waals surface area contributed by atoms with E-state index in [1.807, 2.05) is 6.07 Å². The maximum absolute atomic E-state index is 12.8. The summed E-state index contributed by atoms with van der Waals surface area (Å²) >= 11 is 6.06. The van der Waals surface area contributed by atoms with E-state index in [-0.39, 0.29) is 25.1 Å². The number of amides is 1. The van der Waals surface area contributed by atoms with E-state index in [4.69, 9.17) is 25.8 Å². The molecule has 0 N–H and O–H groups in total. The molecule has 0 fully saturated rings. The lowest BCUT2D eigenvalue weighted by molar-refractivity contribution is -0.147. The molecule has 10 heteroatoms. The number of ether oxygens (including phenoxy) is 3. The summed E-state index contributed by atoms with van der Waals surface area (Å²) in [6.45, 7) is 3.44. The number of carbonyl (C=O) groups is 2. The number of likely N-dealkylation sites (N-methyl/N-ethyl adjacent to an activating group) is 1. The van der Waals surface area contributed by atoms with E-state index < -0.39 is 12.1 Å². The topological polar surface area (TPSA) is 83.9 Å². The van der Waals surface area contributed by atoms with Gasteiger partial charge < -0.3 is 14.2 Å². The van der Waals surface area contributed by atoms with Crippen LogP contribution in [0.5, 0.6) is 11.5 Å². The van der Waals surface area contributed by atoms with Gasteiger partial charge in [0.05, 0.1) is 12.3 Å². The van der Waals surface area contributed by atoms with Crippen LogP contribution >= 0.6 is 11.6 Å². The molecule has 9 nitrogen and oxygen atoms in total. The summed E-state index contributed by atoms with van der Waals surface area (Å²) in [6.07, 6.45) is -0.698. The molecule has 0 bridgehead atoms. The Morgan fingerprint density at radius 2 is 1.87 bits per heavy atom. The molecule has 0 aromatic heterocycles. The first-order chi connectivity index (χ1) is 14.9. The maximum atomic E-state index is 12.8. The van der Waals surface area contributed by atoms with E-state index in [0.29, 0.717) is 27.8 Å². The van der Waals surface area contributed by atoms with Crippen molar-refractivity contribution in [1.29, 1.82) is 0 Å². The third-order valence-electron chi connectivity index (χ3n) is 4.86. The highest BCUT2D eigenvalue weighted by Gasteiger charge is 2.41. The molecule has 2 heterocycles. The third kappa shape index (κ3) is 3.84.